The van der Waals surface area contributed by atoms with E-state index >= 15 is 4.79 Å². The van der Waals surface area contributed by atoms with E-state index in [1.165, 1.54) is 19.2 Å². The Kier molecular flexibility index (Phi) is 9.93. The number of esters is 1. The molecular formula is C45H41N3O8. The number of aromatic hydroxyl groups is 1. The number of primary amides is 1. The highest BCUT2D eigenvalue weighted by Gasteiger charge is 2.75. The van der Waals surface area contributed by atoms with Gasteiger partial charge in [-0.1, -0.05) is 90.7 Å². The van der Waals surface area contributed by atoms with E-state index in [1.807, 2.05) is 65.6 Å². The van der Waals surface area contributed by atoms with Gasteiger partial charge in [-0.3, -0.25) is 19.3 Å². The fourth-order valence-electron chi connectivity index (χ4n) is 9.03. The molecule has 2 saturated heterocycles. The standard InChI is InChI=1S/C45H41N3O8/c1-54-25-26-55-44(53)47-35-24-19-29(18-17-28-11-5-2-6-12-28)27-34(35)45(43(47)52)36(41(46)50)38-42(51)56-39(31-15-9-4-10-16-31)37(30-13-7-3-8-14-30)48(38)40(45)32-20-22-33(49)23-21-32/h3-4,7-11,13-16,19-24,27,36-40,49H,2,5-6,12,25-26H2,1H3,(H2,46,50). The van der Waals surface area contributed by atoms with Gasteiger partial charge in [0, 0.05) is 12.7 Å². The van der Waals surface area contributed by atoms with Crippen LogP contribution < -0.4 is 10.6 Å². The number of methoxy groups -OCH3 is 1. The van der Waals surface area contributed by atoms with Crippen LogP contribution in [0.3, 0.4) is 0 Å². The van der Waals surface area contributed by atoms with Gasteiger partial charge >= 0.3 is 12.1 Å². The normalized spacial score (nSPS) is 25.4. The predicted octanol–water partition coefficient (Wildman–Crippen LogP) is 6.18. The first kappa shape index (κ1) is 36.7. The molecule has 11 heteroatoms. The summed E-state index contributed by atoms with van der Waals surface area (Å²) in [6.07, 6.45) is 4.22. The van der Waals surface area contributed by atoms with Gasteiger partial charge in [0.2, 0.25) is 11.8 Å². The molecule has 284 valence electrons. The highest BCUT2D eigenvalue weighted by atomic mass is 16.6. The zero-order chi connectivity index (χ0) is 39.0. The van der Waals surface area contributed by atoms with Gasteiger partial charge in [-0.2, -0.15) is 0 Å². The summed E-state index contributed by atoms with van der Waals surface area (Å²) in [6.45, 7) is -0.0613. The number of nitrogens with zero attached hydrogens (tertiary/aromatic N) is 2. The van der Waals surface area contributed by atoms with E-state index in [2.05, 4.69) is 17.9 Å². The number of ether oxygens (including phenoxy) is 3. The predicted molar refractivity (Wildman–Crippen MR) is 206 cm³/mol. The number of rotatable bonds is 7. The summed E-state index contributed by atoms with van der Waals surface area (Å²) < 4.78 is 17.0. The molecule has 3 heterocycles. The second kappa shape index (κ2) is 15.1. The maximum Gasteiger partial charge on any atom is 0.421 e. The van der Waals surface area contributed by atoms with E-state index in [0.29, 0.717) is 22.3 Å². The highest BCUT2D eigenvalue weighted by Crippen LogP contribution is 2.65. The molecule has 8 rings (SSSR count). The average Bonchev–Trinajstić information content (AvgIpc) is 3.68. The number of imide groups is 1. The summed E-state index contributed by atoms with van der Waals surface area (Å²) in [6, 6.07) is 26.9. The molecule has 6 atom stereocenters. The zero-order valence-electron chi connectivity index (χ0n) is 30.8. The van der Waals surface area contributed by atoms with E-state index < -0.39 is 59.4 Å². The summed E-state index contributed by atoms with van der Waals surface area (Å²) in [5.74, 6) is 2.51. The van der Waals surface area contributed by atoms with Crippen molar-refractivity contribution in [3.05, 3.63) is 143 Å². The third-order valence-electron chi connectivity index (χ3n) is 11.3. The lowest BCUT2D eigenvalue weighted by Crippen LogP contribution is -2.55. The SMILES string of the molecule is COCCOC(=O)N1C(=O)C2(c3cc(C#CC4=CCCCC4)ccc31)C(C(N)=O)C1C(=O)OC(c3ccccc3)C(c3ccccc3)N1C2c1ccc(O)cc1. The van der Waals surface area contributed by atoms with Crippen LogP contribution in [-0.4, -0.2) is 60.2 Å². The molecule has 0 bridgehead atoms. The van der Waals surface area contributed by atoms with Gasteiger partial charge < -0.3 is 25.1 Å². The van der Waals surface area contributed by atoms with Gasteiger partial charge in [-0.05, 0) is 83.8 Å². The number of fused-ring (bicyclic) bond motifs is 3. The van der Waals surface area contributed by atoms with Gasteiger partial charge in [0.25, 0.3) is 0 Å². The fourth-order valence-corrected chi connectivity index (χ4v) is 9.03. The number of nitrogens with two attached hydrogens (primary N) is 1. The van der Waals surface area contributed by atoms with Crippen molar-refractivity contribution < 1.29 is 38.5 Å². The van der Waals surface area contributed by atoms with E-state index in [9.17, 15) is 19.5 Å². The van der Waals surface area contributed by atoms with Crippen LogP contribution in [0.4, 0.5) is 10.5 Å². The van der Waals surface area contributed by atoms with Crippen LogP contribution in [0.2, 0.25) is 0 Å². The number of anilines is 1. The number of hydrogen-bond donors (Lipinski definition) is 2. The summed E-state index contributed by atoms with van der Waals surface area (Å²) in [5.41, 5.74) is 8.39. The van der Waals surface area contributed by atoms with E-state index in [1.54, 1.807) is 30.3 Å². The number of morpholine rings is 1. The average molecular weight is 752 g/mol. The molecule has 4 aliphatic rings. The second-order valence-electron chi connectivity index (χ2n) is 14.5. The van der Waals surface area contributed by atoms with Crippen molar-refractivity contribution in [1.29, 1.82) is 0 Å². The van der Waals surface area contributed by atoms with E-state index in [0.717, 1.165) is 41.7 Å². The van der Waals surface area contributed by atoms with Gasteiger partial charge in [0.1, 0.15) is 29.9 Å². The largest absolute Gasteiger partial charge is 0.508 e. The van der Waals surface area contributed by atoms with Crippen LogP contribution >= 0.6 is 0 Å². The minimum Gasteiger partial charge on any atom is -0.508 e. The molecule has 0 radical (unpaired) electrons. The Morgan fingerprint density at radius 2 is 1.59 bits per heavy atom. The van der Waals surface area contributed by atoms with Crippen molar-refractivity contribution in [2.75, 3.05) is 25.2 Å². The first-order chi connectivity index (χ1) is 27.2. The maximum absolute atomic E-state index is 15.7. The molecule has 0 saturated carbocycles. The quantitative estimate of drug-likeness (QED) is 0.128. The number of phenolic OH excluding ortho intramolecular Hbond substituents is 1. The number of carbonyl (C=O) groups is 4. The number of hydrogen-bond acceptors (Lipinski definition) is 9. The number of benzene rings is 4. The van der Waals surface area contributed by atoms with Crippen LogP contribution in [0.1, 0.15) is 71.7 Å². The fraction of sp³-hybridized carbons (Fsp3) is 0.289. The first-order valence-corrected chi connectivity index (χ1v) is 18.8. The summed E-state index contributed by atoms with van der Waals surface area (Å²) in [5, 5.41) is 10.5. The van der Waals surface area contributed by atoms with Crippen molar-refractivity contribution in [3.8, 4) is 17.6 Å². The Morgan fingerprint density at radius 1 is 0.875 bits per heavy atom. The summed E-state index contributed by atoms with van der Waals surface area (Å²) in [7, 11) is 1.46. The second-order valence-corrected chi connectivity index (χ2v) is 14.5. The van der Waals surface area contributed by atoms with Crippen LogP contribution in [0.25, 0.3) is 0 Å². The van der Waals surface area contributed by atoms with Gasteiger partial charge in [-0.25, -0.2) is 9.69 Å². The van der Waals surface area contributed by atoms with Crippen LogP contribution in [-0.2, 0) is 34.0 Å². The molecule has 0 aromatic heterocycles. The molecule has 3 aliphatic heterocycles. The lowest BCUT2D eigenvalue weighted by atomic mass is 9.65. The Balaban J connectivity index is 1.42. The van der Waals surface area contributed by atoms with Crippen molar-refractivity contribution in [2.45, 2.75) is 55.3 Å². The Hall–Kier alpha value is -6.22. The van der Waals surface area contributed by atoms with Gasteiger partial charge in [0.05, 0.1) is 30.3 Å². The molecule has 56 heavy (non-hydrogen) atoms. The summed E-state index contributed by atoms with van der Waals surface area (Å²) >= 11 is 0. The number of amides is 3. The molecular weight excluding hydrogens is 711 g/mol. The van der Waals surface area contributed by atoms with Gasteiger partial charge in [-0.15, -0.1) is 0 Å². The van der Waals surface area contributed by atoms with Crippen LogP contribution in [0.15, 0.2) is 115 Å². The van der Waals surface area contributed by atoms with E-state index in [4.69, 9.17) is 19.9 Å². The molecule has 3 N–H and O–H groups in total. The Morgan fingerprint density at radius 3 is 2.25 bits per heavy atom. The molecule has 11 nitrogen and oxygen atoms in total. The van der Waals surface area contributed by atoms with Crippen molar-refractivity contribution in [3.63, 3.8) is 0 Å². The van der Waals surface area contributed by atoms with Crippen LogP contribution in [0, 0.1) is 17.8 Å². The zero-order valence-corrected chi connectivity index (χ0v) is 30.8. The van der Waals surface area contributed by atoms with E-state index in [-0.39, 0.29) is 24.7 Å². The lowest BCUT2D eigenvalue weighted by molar-refractivity contribution is -0.178. The molecule has 4 aromatic rings. The summed E-state index contributed by atoms with van der Waals surface area (Å²) in [4.78, 5) is 61.5. The lowest BCUT2D eigenvalue weighted by Gasteiger charge is -2.46. The Labute approximate surface area is 324 Å². The third-order valence-corrected chi connectivity index (χ3v) is 11.3. The molecule has 3 amide bonds. The minimum atomic E-state index is -1.98. The van der Waals surface area contributed by atoms with Crippen molar-refractivity contribution in [1.82, 2.24) is 4.90 Å². The van der Waals surface area contributed by atoms with Crippen LogP contribution in [0.5, 0.6) is 5.75 Å². The number of cyclic esters (lactones) is 1. The monoisotopic (exact) mass is 751 g/mol. The number of carbonyl (C=O) groups excluding carboxylic acids is 4. The van der Waals surface area contributed by atoms with Crippen molar-refractivity contribution in [2.24, 2.45) is 11.7 Å². The molecule has 2 fully saturated rings. The smallest absolute Gasteiger partial charge is 0.421 e. The molecule has 1 spiro atoms. The highest BCUT2D eigenvalue weighted by molar-refractivity contribution is 6.23. The first-order valence-electron chi connectivity index (χ1n) is 18.8. The van der Waals surface area contributed by atoms with Crippen molar-refractivity contribution >= 4 is 29.6 Å². The third kappa shape index (κ3) is 6.11. The molecule has 6 unspecified atom stereocenters. The number of allylic oxidation sites excluding steroid dienone is 2. The topological polar surface area (TPSA) is 149 Å². The molecule has 1 aliphatic carbocycles. The van der Waals surface area contributed by atoms with Gasteiger partial charge in [0.15, 0.2) is 0 Å². The molecule has 4 aromatic carbocycles. The minimum absolute atomic E-state index is 0.0281. The maximum atomic E-state index is 15.7. The Bertz CT molecular complexity index is 2270. The number of phenols is 1.